The fraction of sp³-hybridized carbons (Fsp3) is 1.00. The van der Waals surface area contributed by atoms with E-state index >= 15 is 0 Å². The molecular weight excluding hydrogens is 192 g/mol. The van der Waals surface area contributed by atoms with Crippen LogP contribution in [0.5, 0.6) is 0 Å². The highest BCUT2D eigenvalue weighted by atomic mass is 35.5. The van der Waals surface area contributed by atoms with Crippen molar-refractivity contribution in [2.45, 2.75) is 65.2 Å². The van der Waals surface area contributed by atoms with Crippen LogP contribution in [0.4, 0.5) is 0 Å². The summed E-state index contributed by atoms with van der Waals surface area (Å²) >= 11 is 6.04. The van der Waals surface area contributed by atoms with Crippen molar-refractivity contribution in [1.82, 2.24) is 0 Å². The summed E-state index contributed by atoms with van der Waals surface area (Å²) in [5.41, 5.74) is 0.545. The van der Waals surface area contributed by atoms with E-state index in [4.69, 9.17) is 11.6 Å². The number of alkyl halides is 1. The van der Waals surface area contributed by atoms with Crippen LogP contribution in [0.15, 0.2) is 0 Å². The second-order valence-corrected chi connectivity index (χ2v) is 6.57. The number of halogens is 1. The summed E-state index contributed by atoms with van der Waals surface area (Å²) < 4.78 is 0. The van der Waals surface area contributed by atoms with Crippen LogP contribution in [-0.2, 0) is 0 Å². The molecule has 3 unspecified atom stereocenters. The molecule has 1 aliphatic rings. The summed E-state index contributed by atoms with van der Waals surface area (Å²) in [6.45, 7) is 9.41. The average Bonchev–Trinajstić information content (AvgIpc) is 2.01. The van der Waals surface area contributed by atoms with Gasteiger partial charge >= 0.3 is 0 Å². The number of rotatable bonds is 3. The Labute approximate surface area is 94.4 Å². The Morgan fingerprint density at radius 2 is 2.07 bits per heavy atom. The van der Waals surface area contributed by atoms with Crippen molar-refractivity contribution in [2.24, 2.45) is 17.3 Å². The van der Waals surface area contributed by atoms with Gasteiger partial charge in [0.2, 0.25) is 0 Å². The van der Waals surface area contributed by atoms with Gasteiger partial charge in [-0.1, -0.05) is 33.6 Å². The molecule has 0 aliphatic heterocycles. The van der Waals surface area contributed by atoms with E-state index in [1.807, 2.05) is 0 Å². The lowest BCUT2D eigenvalue weighted by Crippen LogP contribution is -2.33. The monoisotopic (exact) mass is 216 g/mol. The molecule has 14 heavy (non-hydrogen) atoms. The molecule has 84 valence electrons. The molecule has 0 bridgehead atoms. The predicted molar refractivity (Wildman–Crippen MR) is 64.8 cm³/mol. The summed E-state index contributed by atoms with van der Waals surface area (Å²) in [4.78, 5) is 0. The van der Waals surface area contributed by atoms with Gasteiger partial charge in [-0.3, -0.25) is 0 Å². The molecule has 0 amide bonds. The molecule has 1 fully saturated rings. The average molecular weight is 217 g/mol. The lowest BCUT2D eigenvalue weighted by atomic mass is 9.62. The van der Waals surface area contributed by atoms with Gasteiger partial charge in [0.25, 0.3) is 0 Å². The molecule has 1 rings (SSSR count). The Morgan fingerprint density at radius 1 is 1.43 bits per heavy atom. The summed E-state index contributed by atoms with van der Waals surface area (Å²) in [5, 5.41) is 0.347. The topological polar surface area (TPSA) is 0 Å². The van der Waals surface area contributed by atoms with Crippen molar-refractivity contribution >= 4 is 11.6 Å². The summed E-state index contributed by atoms with van der Waals surface area (Å²) in [6.07, 6.45) is 6.74. The maximum absolute atomic E-state index is 6.04. The van der Waals surface area contributed by atoms with E-state index < -0.39 is 0 Å². The van der Waals surface area contributed by atoms with Gasteiger partial charge < -0.3 is 0 Å². The molecule has 0 aromatic rings. The summed E-state index contributed by atoms with van der Waals surface area (Å²) in [6, 6.07) is 0. The van der Waals surface area contributed by atoms with Crippen molar-refractivity contribution in [3.63, 3.8) is 0 Å². The first-order valence-electron chi connectivity index (χ1n) is 6.07. The normalized spacial score (nSPS) is 34.1. The molecule has 0 radical (unpaired) electrons. The Balaban J connectivity index is 2.52. The minimum atomic E-state index is 0.347. The van der Waals surface area contributed by atoms with Crippen LogP contribution in [0.3, 0.4) is 0 Å². The molecule has 0 aromatic heterocycles. The Bertz CT molecular complexity index is 172. The molecule has 0 saturated heterocycles. The van der Waals surface area contributed by atoms with Crippen molar-refractivity contribution < 1.29 is 0 Å². The highest BCUT2D eigenvalue weighted by molar-refractivity contribution is 6.20. The van der Waals surface area contributed by atoms with Gasteiger partial charge in [-0.15, -0.1) is 11.6 Å². The molecule has 3 atom stereocenters. The van der Waals surface area contributed by atoms with Crippen molar-refractivity contribution in [3.8, 4) is 0 Å². The van der Waals surface area contributed by atoms with E-state index in [2.05, 4.69) is 27.7 Å². The number of hydrogen-bond donors (Lipinski definition) is 0. The largest absolute Gasteiger partial charge is 0.123 e. The van der Waals surface area contributed by atoms with Crippen LogP contribution in [0.1, 0.15) is 59.8 Å². The van der Waals surface area contributed by atoms with E-state index in [-0.39, 0.29) is 0 Å². The van der Waals surface area contributed by atoms with Gasteiger partial charge in [-0.25, -0.2) is 0 Å². The first kappa shape index (κ1) is 12.4. The summed E-state index contributed by atoms with van der Waals surface area (Å²) in [5.74, 6) is 1.78. The first-order valence-corrected chi connectivity index (χ1v) is 6.51. The molecule has 0 nitrogen and oxygen atoms in total. The van der Waals surface area contributed by atoms with Gasteiger partial charge in [-0.2, -0.15) is 0 Å². The molecule has 1 heteroatoms. The Kier molecular flexibility index (Phi) is 4.30. The van der Waals surface area contributed by atoms with Crippen molar-refractivity contribution in [3.05, 3.63) is 0 Å². The minimum absolute atomic E-state index is 0.347. The van der Waals surface area contributed by atoms with Crippen LogP contribution in [0.2, 0.25) is 0 Å². The molecule has 0 aromatic carbocycles. The zero-order valence-corrected chi connectivity index (χ0v) is 10.9. The lowest BCUT2D eigenvalue weighted by molar-refractivity contribution is 0.0747. The Hall–Kier alpha value is 0.290. The van der Waals surface area contributed by atoms with Crippen LogP contribution in [-0.4, -0.2) is 5.38 Å². The smallest absolute Gasteiger partial charge is 0.0307 e. The van der Waals surface area contributed by atoms with E-state index in [0.717, 1.165) is 11.8 Å². The Morgan fingerprint density at radius 3 is 2.57 bits per heavy atom. The maximum atomic E-state index is 6.04. The third-order valence-corrected chi connectivity index (χ3v) is 4.26. The standard InChI is InChI=1S/C13H25Cl/c1-10-6-5-9-13(3,4)12(10)8-7-11(2)14/h10-12H,5-9H2,1-4H3. The van der Waals surface area contributed by atoms with Crippen LogP contribution < -0.4 is 0 Å². The molecular formula is C13H25Cl. The SMILES string of the molecule is CC(Cl)CCC1C(C)CCCC1(C)C. The lowest BCUT2D eigenvalue weighted by Gasteiger charge is -2.43. The number of hydrogen-bond acceptors (Lipinski definition) is 0. The third-order valence-electron chi connectivity index (χ3n) is 4.05. The van der Waals surface area contributed by atoms with E-state index in [0.29, 0.717) is 10.8 Å². The fourth-order valence-corrected chi connectivity index (χ4v) is 3.25. The molecule has 0 N–H and O–H groups in total. The van der Waals surface area contributed by atoms with Gasteiger partial charge in [0.05, 0.1) is 0 Å². The zero-order chi connectivity index (χ0) is 10.8. The summed E-state index contributed by atoms with van der Waals surface area (Å²) in [7, 11) is 0. The zero-order valence-electron chi connectivity index (χ0n) is 10.1. The van der Waals surface area contributed by atoms with Crippen LogP contribution in [0, 0.1) is 17.3 Å². The van der Waals surface area contributed by atoms with Crippen molar-refractivity contribution in [1.29, 1.82) is 0 Å². The second kappa shape index (κ2) is 4.88. The highest BCUT2D eigenvalue weighted by Gasteiger charge is 2.36. The molecule has 1 saturated carbocycles. The molecule has 0 heterocycles. The van der Waals surface area contributed by atoms with Gasteiger partial charge in [0.15, 0.2) is 0 Å². The first-order chi connectivity index (χ1) is 6.43. The van der Waals surface area contributed by atoms with E-state index in [9.17, 15) is 0 Å². The quantitative estimate of drug-likeness (QED) is 0.592. The fourth-order valence-electron chi connectivity index (χ4n) is 3.12. The van der Waals surface area contributed by atoms with Gasteiger partial charge in [-0.05, 0) is 43.4 Å². The molecule has 1 aliphatic carbocycles. The highest BCUT2D eigenvalue weighted by Crippen LogP contribution is 2.46. The second-order valence-electron chi connectivity index (χ2n) is 5.82. The van der Waals surface area contributed by atoms with Crippen molar-refractivity contribution in [2.75, 3.05) is 0 Å². The molecule has 0 spiro atoms. The van der Waals surface area contributed by atoms with Crippen LogP contribution in [0.25, 0.3) is 0 Å². The van der Waals surface area contributed by atoms with E-state index in [1.54, 1.807) is 0 Å². The van der Waals surface area contributed by atoms with Crippen LogP contribution >= 0.6 is 11.6 Å². The predicted octanol–water partition coefficient (Wildman–Crippen LogP) is 4.86. The van der Waals surface area contributed by atoms with Gasteiger partial charge in [0, 0.05) is 5.38 Å². The third kappa shape index (κ3) is 3.15. The van der Waals surface area contributed by atoms with Gasteiger partial charge in [0.1, 0.15) is 0 Å². The van der Waals surface area contributed by atoms with E-state index in [1.165, 1.54) is 32.1 Å². The maximum Gasteiger partial charge on any atom is 0.0307 e. The minimum Gasteiger partial charge on any atom is -0.123 e.